The van der Waals surface area contributed by atoms with Crippen LogP contribution in [0, 0.1) is 0 Å². The average molecular weight is 726 g/mol. The van der Waals surface area contributed by atoms with Gasteiger partial charge in [0.05, 0.1) is 33.2 Å². The van der Waals surface area contributed by atoms with Gasteiger partial charge in [0, 0.05) is 22.4 Å². The number of hydrogen-bond acceptors (Lipinski definition) is 8. The molecule has 3 N–H and O–H groups in total. The van der Waals surface area contributed by atoms with Gasteiger partial charge >= 0.3 is 0 Å². The Morgan fingerprint density at radius 3 is 2.00 bits per heavy atom. The molecule has 0 aliphatic heterocycles. The van der Waals surface area contributed by atoms with E-state index in [2.05, 4.69) is 16.9 Å². The molecule has 13 heteroatoms. The highest BCUT2D eigenvalue weighted by Gasteiger charge is 2.27. The molecule has 0 unspecified atom stereocenters. The second kappa shape index (κ2) is 13.7. The summed E-state index contributed by atoms with van der Waals surface area (Å²) in [4.78, 5) is 12.8. The predicted octanol–water partition coefficient (Wildman–Crippen LogP) is 7.80. The van der Waals surface area contributed by atoms with Gasteiger partial charge in [-0.2, -0.15) is 0 Å². The van der Waals surface area contributed by atoms with Crippen LogP contribution in [0.4, 0.5) is 5.69 Å². The zero-order valence-corrected chi connectivity index (χ0v) is 29.2. The van der Waals surface area contributed by atoms with Gasteiger partial charge in [-0.1, -0.05) is 49.2 Å². The highest BCUT2D eigenvalue weighted by atomic mass is 32.2. The van der Waals surface area contributed by atoms with Crippen LogP contribution in [0.2, 0.25) is 0 Å². The number of aromatic nitrogens is 1. The molecule has 1 amide bonds. The zero-order valence-electron chi connectivity index (χ0n) is 27.6. The number of anilines is 1. The van der Waals surface area contributed by atoms with E-state index in [1.807, 2.05) is 19.1 Å². The number of ether oxygens (including phenoxy) is 2. The van der Waals surface area contributed by atoms with Crippen LogP contribution >= 0.6 is 0 Å². The van der Waals surface area contributed by atoms with Gasteiger partial charge in [0.25, 0.3) is 26.0 Å². The van der Waals surface area contributed by atoms with Gasteiger partial charge in [-0.25, -0.2) is 26.3 Å². The topological polar surface area (TPSA) is 153 Å². The summed E-state index contributed by atoms with van der Waals surface area (Å²) in [5, 5.41) is 10.4. The van der Waals surface area contributed by atoms with Gasteiger partial charge in [-0.15, -0.1) is 0 Å². The Hall–Kier alpha value is -5.37. The van der Waals surface area contributed by atoms with Crippen molar-refractivity contribution in [2.24, 2.45) is 0 Å². The van der Waals surface area contributed by atoms with Crippen LogP contribution in [-0.2, 0) is 20.0 Å². The van der Waals surface area contributed by atoms with E-state index in [9.17, 15) is 26.8 Å². The van der Waals surface area contributed by atoms with Crippen LogP contribution in [0.5, 0.6) is 17.2 Å². The fourth-order valence-corrected chi connectivity index (χ4v) is 9.11. The van der Waals surface area contributed by atoms with Gasteiger partial charge in [0.15, 0.2) is 0 Å². The summed E-state index contributed by atoms with van der Waals surface area (Å²) in [5.74, 6) is 1.20. The minimum absolute atomic E-state index is 0.0421. The summed E-state index contributed by atoms with van der Waals surface area (Å²) < 4.78 is 70.5. The molecule has 51 heavy (non-hydrogen) atoms. The summed E-state index contributed by atoms with van der Waals surface area (Å²) in [7, 11) is -8.47. The summed E-state index contributed by atoms with van der Waals surface area (Å²) in [6, 6.07) is 27.9. The number of hydroxylamine groups is 1. The van der Waals surface area contributed by atoms with Crippen molar-refractivity contribution in [2.75, 3.05) is 11.3 Å². The summed E-state index contributed by atoms with van der Waals surface area (Å²) in [6.07, 6.45) is 6.01. The number of nitrogens with one attached hydrogen (secondary N) is 2. The molecule has 5 aromatic carbocycles. The monoisotopic (exact) mass is 725 g/mol. The van der Waals surface area contributed by atoms with Crippen molar-refractivity contribution in [3.63, 3.8) is 0 Å². The van der Waals surface area contributed by atoms with E-state index >= 15 is 0 Å². The van der Waals surface area contributed by atoms with Crippen LogP contribution in [0.15, 0.2) is 119 Å². The van der Waals surface area contributed by atoms with E-state index in [4.69, 9.17) is 9.47 Å². The lowest BCUT2D eigenvalue weighted by atomic mass is 9.98. The fraction of sp³-hybridized carbons (Fsp3) is 0.184. The second-order valence-corrected chi connectivity index (χ2v) is 15.8. The van der Waals surface area contributed by atoms with E-state index in [1.54, 1.807) is 41.9 Å². The van der Waals surface area contributed by atoms with E-state index in [0.717, 1.165) is 10.2 Å². The number of carbonyl (C=O) groups excluding carboxylic acids is 1. The maximum absolute atomic E-state index is 14.0. The van der Waals surface area contributed by atoms with Crippen molar-refractivity contribution in [3.05, 3.63) is 120 Å². The Morgan fingerprint density at radius 2 is 1.37 bits per heavy atom. The van der Waals surface area contributed by atoms with Crippen LogP contribution in [0.25, 0.3) is 21.7 Å². The number of sulfonamides is 1. The summed E-state index contributed by atoms with van der Waals surface area (Å²) in [5.41, 5.74) is 2.90. The van der Waals surface area contributed by atoms with Gasteiger partial charge in [0.1, 0.15) is 17.2 Å². The molecule has 1 aromatic heterocycles. The molecular weight excluding hydrogens is 691 g/mol. The Labute approximate surface area is 295 Å². The van der Waals surface area contributed by atoms with Crippen molar-refractivity contribution in [2.45, 2.75) is 48.3 Å². The second-order valence-electron chi connectivity index (χ2n) is 12.3. The minimum Gasteiger partial charge on any atom is -0.494 e. The standard InChI is InChI=1S/C38H35N3O8S2/c1-2-48-27-15-21-31(22-16-27)51(46,47)41-24-35(38(42)39-43)34-23-36(32-9-5-6-10-33(32)37(34)41)40-50(44,45)30-19-17-29(18-20-30)49-28-13-11-26(12-14-28)25-7-3-4-8-25/h5-6,9-25,40,43H,2-4,7-8H2,1H3,(H,39,42). The molecule has 0 bridgehead atoms. The number of hydrogen-bond donors (Lipinski definition) is 3. The SMILES string of the molecule is CCOc1ccc(S(=O)(=O)n2cc(C(=O)NO)c3cc(NS(=O)(=O)c4ccc(Oc5ccc(C6CCCC6)cc5)cc4)c4ccccc4c32)cc1. The van der Waals surface area contributed by atoms with Gasteiger partial charge in [-0.3, -0.25) is 14.7 Å². The Balaban J connectivity index is 1.23. The molecule has 1 aliphatic carbocycles. The third-order valence-electron chi connectivity index (χ3n) is 9.13. The first-order chi connectivity index (χ1) is 24.6. The molecular formula is C38H35N3O8S2. The third-order valence-corrected chi connectivity index (χ3v) is 12.2. The summed E-state index contributed by atoms with van der Waals surface area (Å²) in [6.45, 7) is 2.22. The zero-order chi connectivity index (χ0) is 35.8. The highest BCUT2D eigenvalue weighted by molar-refractivity contribution is 7.92. The smallest absolute Gasteiger partial charge is 0.276 e. The number of carbonyl (C=O) groups is 1. The first-order valence-corrected chi connectivity index (χ1v) is 19.4. The molecule has 6 aromatic rings. The van der Waals surface area contributed by atoms with Crippen LogP contribution < -0.4 is 19.7 Å². The molecule has 1 aliphatic rings. The van der Waals surface area contributed by atoms with Gasteiger partial charge in [-0.05, 0) is 98.0 Å². The first kappa shape index (κ1) is 34.1. The Bertz CT molecular complexity index is 2450. The molecule has 0 spiro atoms. The molecule has 262 valence electrons. The summed E-state index contributed by atoms with van der Waals surface area (Å²) >= 11 is 0. The number of rotatable bonds is 11. The van der Waals surface area contributed by atoms with E-state index in [-0.39, 0.29) is 31.9 Å². The average Bonchev–Trinajstić information content (AvgIpc) is 3.82. The lowest BCUT2D eigenvalue weighted by molar-refractivity contribution is 0.0708. The van der Waals surface area contributed by atoms with E-state index in [0.29, 0.717) is 40.5 Å². The Morgan fingerprint density at radius 1 is 0.784 bits per heavy atom. The van der Waals surface area contributed by atoms with Crippen molar-refractivity contribution in [1.82, 2.24) is 9.45 Å². The van der Waals surface area contributed by atoms with Crippen molar-refractivity contribution >= 4 is 53.3 Å². The quantitative estimate of drug-likeness (QED) is 0.0904. The highest BCUT2D eigenvalue weighted by Crippen LogP contribution is 2.38. The van der Waals surface area contributed by atoms with Crippen LogP contribution in [-0.4, -0.2) is 38.5 Å². The van der Waals surface area contributed by atoms with Crippen molar-refractivity contribution in [3.8, 4) is 17.2 Å². The van der Waals surface area contributed by atoms with Crippen molar-refractivity contribution < 1.29 is 36.3 Å². The lowest BCUT2D eigenvalue weighted by Gasteiger charge is -2.15. The molecule has 0 atom stereocenters. The number of nitrogens with zero attached hydrogens (tertiary/aromatic N) is 1. The normalized spacial score (nSPS) is 13.8. The number of amides is 1. The minimum atomic E-state index is -4.28. The molecule has 11 nitrogen and oxygen atoms in total. The maximum Gasteiger partial charge on any atom is 0.276 e. The van der Waals surface area contributed by atoms with E-state index < -0.39 is 26.0 Å². The van der Waals surface area contributed by atoms with Crippen LogP contribution in [0.3, 0.4) is 0 Å². The molecule has 1 fully saturated rings. The molecule has 0 saturated heterocycles. The number of benzene rings is 5. The van der Waals surface area contributed by atoms with Crippen LogP contribution in [0.1, 0.15) is 54.4 Å². The largest absolute Gasteiger partial charge is 0.494 e. The Kier molecular flexibility index (Phi) is 9.19. The molecule has 7 rings (SSSR count). The molecule has 0 radical (unpaired) electrons. The lowest BCUT2D eigenvalue weighted by Crippen LogP contribution is -2.18. The van der Waals surface area contributed by atoms with Crippen molar-refractivity contribution in [1.29, 1.82) is 0 Å². The number of fused-ring (bicyclic) bond motifs is 3. The fourth-order valence-electron chi connectivity index (χ4n) is 6.65. The van der Waals surface area contributed by atoms with Gasteiger partial charge < -0.3 is 9.47 Å². The van der Waals surface area contributed by atoms with Gasteiger partial charge in [0.2, 0.25) is 0 Å². The maximum atomic E-state index is 14.0. The molecule has 1 saturated carbocycles. The first-order valence-electron chi connectivity index (χ1n) is 16.5. The predicted molar refractivity (Wildman–Crippen MR) is 194 cm³/mol. The molecule has 1 heterocycles. The van der Waals surface area contributed by atoms with E-state index in [1.165, 1.54) is 73.7 Å². The third kappa shape index (κ3) is 6.63.